The van der Waals surface area contributed by atoms with Crippen molar-refractivity contribution in [2.45, 2.75) is 0 Å². The minimum absolute atomic E-state index is 1.14. The van der Waals surface area contributed by atoms with Crippen molar-refractivity contribution < 1.29 is 0 Å². The smallest absolute Gasteiger partial charge is 0.0646 e. The zero-order valence-corrected chi connectivity index (χ0v) is 4.86. The molecule has 44 valence electrons. The molecule has 2 heterocycles. The van der Waals surface area contributed by atoms with Crippen molar-refractivity contribution in [1.29, 1.82) is 0 Å². The van der Waals surface area contributed by atoms with Gasteiger partial charge in [-0.1, -0.05) is 0 Å². The van der Waals surface area contributed by atoms with Crippen LogP contribution < -0.4 is 0 Å². The van der Waals surface area contributed by atoms with Gasteiger partial charge in [-0.05, 0) is 24.3 Å². The van der Waals surface area contributed by atoms with Gasteiger partial charge < -0.3 is 0 Å². The van der Waals surface area contributed by atoms with Crippen molar-refractivity contribution in [3.8, 4) is 0 Å². The summed E-state index contributed by atoms with van der Waals surface area (Å²) in [5, 5.41) is 4.06. The summed E-state index contributed by atoms with van der Waals surface area (Å²) in [6, 6.07) is 7.94. The maximum Gasteiger partial charge on any atom is 0.0646 e. The van der Waals surface area contributed by atoms with Gasteiger partial charge in [-0.2, -0.15) is 5.10 Å². The Labute approximate surface area is 52.7 Å². The molecular formula is C7H6N2. The Morgan fingerprint density at radius 2 is 2.11 bits per heavy atom. The van der Waals surface area contributed by atoms with Gasteiger partial charge in [0.25, 0.3) is 0 Å². The molecule has 2 nitrogen and oxygen atoms in total. The summed E-state index contributed by atoms with van der Waals surface area (Å²) in [5.74, 6) is 0. The van der Waals surface area contributed by atoms with Crippen LogP contribution in [0.2, 0.25) is 0 Å². The summed E-state index contributed by atoms with van der Waals surface area (Å²) in [6.07, 6.45) is 3.70. The number of fused-ring (bicyclic) bond motifs is 1. The van der Waals surface area contributed by atoms with Gasteiger partial charge in [0.2, 0.25) is 0 Å². The van der Waals surface area contributed by atoms with Gasteiger partial charge in [-0.25, -0.2) is 4.52 Å². The highest BCUT2D eigenvalue weighted by atomic mass is 15.2. The highest BCUT2D eigenvalue weighted by Crippen LogP contribution is 1.98. The summed E-state index contributed by atoms with van der Waals surface area (Å²) in [6.45, 7) is 0. The molecule has 0 fully saturated rings. The van der Waals surface area contributed by atoms with Crippen molar-refractivity contribution in [3.05, 3.63) is 36.7 Å². The van der Waals surface area contributed by atoms with Crippen LogP contribution in [-0.4, -0.2) is 9.61 Å². The number of aromatic nitrogens is 2. The minimum Gasteiger partial charge on any atom is -0.241 e. The summed E-state index contributed by atoms with van der Waals surface area (Å²) >= 11 is 0. The number of hydrogen-bond donors (Lipinski definition) is 0. The van der Waals surface area contributed by atoms with Gasteiger partial charge in [0.15, 0.2) is 0 Å². The van der Waals surface area contributed by atoms with Crippen LogP contribution in [0, 0.1) is 0 Å². The first-order valence-corrected chi connectivity index (χ1v) is 2.85. The molecule has 0 spiro atoms. The first-order chi connectivity index (χ1) is 4.47. The van der Waals surface area contributed by atoms with Crippen LogP contribution in [0.1, 0.15) is 0 Å². The fourth-order valence-electron chi connectivity index (χ4n) is 0.875. The van der Waals surface area contributed by atoms with Crippen molar-refractivity contribution in [2.75, 3.05) is 0 Å². The molecule has 0 aliphatic rings. The Morgan fingerprint density at radius 3 is 3.00 bits per heavy atom. The van der Waals surface area contributed by atoms with E-state index in [0.29, 0.717) is 0 Å². The van der Waals surface area contributed by atoms with E-state index in [-0.39, 0.29) is 0 Å². The molecule has 0 unspecified atom stereocenters. The Bertz CT molecular complexity index is 281. The summed E-state index contributed by atoms with van der Waals surface area (Å²) in [4.78, 5) is 0. The van der Waals surface area contributed by atoms with E-state index >= 15 is 0 Å². The van der Waals surface area contributed by atoms with Crippen LogP contribution in [0.5, 0.6) is 0 Å². The van der Waals surface area contributed by atoms with E-state index in [4.69, 9.17) is 0 Å². The Kier molecular flexibility index (Phi) is 0.803. The van der Waals surface area contributed by atoms with E-state index in [2.05, 4.69) is 5.10 Å². The second-order valence-electron chi connectivity index (χ2n) is 1.90. The van der Waals surface area contributed by atoms with Crippen LogP contribution >= 0.6 is 0 Å². The minimum atomic E-state index is 1.14. The molecule has 0 saturated carbocycles. The monoisotopic (exact) mass is 118 g/mol. The maximum atomic E-state index is 4.06. The average Bonchev–Trinajstić information content (AvgIpc) is 2.33. The molecule has 2 rings (SSSR count). The molecule has 0 saturated heterocycles. The molecule has 2 aromatic rings. The van der Waals surface area contributed by atoms with E-state index < -0.39 is 0 Å². The predicted octanol–water partition coefficient (Wildman–Crippen LogP) is 1.33. The molecule has 0 atom stereocenters. The topological polar surface area (TPSA) is 17.3 Å². The third-order valence-electron chi connectivity index (χ3n) is 1.30. The zero-order valence-electron chi connectivity index (χ0n) is 4.86. The largest absolute Gasteiger partial charge is 0.241 e. The van der Waals surface area contributed by atoms with Crippen molar-refractivity contribution >= 4 is 5.52 Å². The number of nitrogens with zero attached hydrogens (tertiary/aromatic N) is 2. The molecule has 0 radical (unpaired) electrons. The third-order valence-corrected chi connectivity index (χ3v) is 1.30. The average molecular weight is 118 g/mol. The Morgan fingerprint density at radius 1 is 1.22 bits per heavy atom. The third kappa shape index (κ3) is 0.598. The van der Waals surface area contributed by atoms with Crippen LogP contribution in [0.15, 0.2) is 36.7 Å². The molecule has 9 heavy (non-hydrogen) atoms. The zero-order chi connectivity index (χ0) is 6.10. The molecular weight excluding hydrogens is 112 g/mol. The number of rotatable bonds is 0. The Balaban J connectivity index is 2.95. The van der Waals surface area contributed by atoms with Gasteiger partial charge >= 0.3 is 0 Å². The molecule has 2 heteroatoms. The SMILES string of the molecule is c1cnn2cccc2c1. The molecule has 0 aliphatic carbocycles. The van der Waals surface area contributed by atoms with E-state index in [9.17, 15) is 0 Å². The van der Waals surface area contributed by atoms with E-state index in [1.807, 2.05) is 35.0 Å². The lowest BCUT2D eigenvalue weighted by Gasteiger charge is -1.87. The molecule has 0 aromatic carbocycles. The van der Waals surface area contributed by atoms with Crippen LogP contribution in [0.3, 0.4) is 0 Å². The predicted molar refractivity (Wildman–Crippen MR) is 35.2 cm³/mol. The molecule has 0 bridgehead atoms. The van der Waals surface area contributed by atoms with Gasteiger partial charge in [0.1, 0.15) is 0 Å². The highest BCUT2D eigenvalue weighted by Gasteiger charge is 1.85. The van der Waals surface area contributed by atoms with E-state index in [1.165, 1.54) is 0 Å². The van der Waals surface area contributed by atoms with Gasteiger partial charge in [-0.15, -0.1) is 0 Å². The molecule has 0 N–H and O–H groups in total. The normalized spacial score (nSPS) is 10.2. The molecule has 0 aliphatic heterocycles. The van der Waals surface area contributed by atoms with E-state index in [1.54, 1.807) is 6.20 Å². The summed E-state index contributed by atoms with van der Waals surface area (Å²) in [7, 11) is 0. The maximum absolute atomic E-state index is 4.06. The lowest BCUT2D eigenvalue weighted by atomic mass is 10.5. The van der Waals surface area contributed by atoms with Gasteiger partial charge in [0.05, 0.1) is 5.52 Å². The fourth-order valence-corrected chi connectivity index (χ4v) is 0.875. The van der Waals surface area contributed by atoms with Gasteiger partial charge in [-0.3, -0.25) is 0 Å². The lowest BCUT2D eigenvalue weighted by molar-refractivity contribution is 0.941. The summed E-state index contributed by atoms with van der Waals surface area (Å²) in [5.41, 5.74) is 1.14. The van der Waals surface area contributed by atoms with Crippen molar-refractivity contribution in [3.63, 3.8) is 0 Å². The standard InChI is InChI=1S/C7H6N2/c1-3-7-4-2-6-9(7)8-5-1/h1-6H. The first kappa shape index (κ1) is 4.56. The van der Waals surface area contributed by atoms with Crippen molar-refractivity contribution in [2.24, 2.45) is 0 Å². The van der Waals surface area contributed by atoms with Crippen LogP contribution in [-0.2, 0) is 0 Å². The highest BCUT2D eigenvalue weighted by molar-refractivity contribution is 5.44. The fraction of sp³-hybridized carbons (Fsp3) is 0. The summed E-state index contributed by atoms with van der Waals surface area (Å²) < 4.78 is 1.83. The lowest BCUT2D eigenvalue weighted by Crippen LogP contribution is -1.84. The number of hydrogen-bond acceptors (Lipinski definition) is 1. The van der Waals surface area contributed by atoms with Crippen LogP contribution in [0.4, 0.5) is 0 Å². The van der Waals surface area contributed by atoms with Crippen LogP contribution in [0.25, 0.3) is 5.52 Å². The molecule has 0 amide bonds. The van der Waals surface area contributed by atoms with E-state index in [0.717, 1.165) is 5.52 Å². The van der Waals surface area contributed by atoms with Crippen molar-refractivity contribution in [1.82, 2.24) is 9.61 Å². The quantitative estimate of drug-likeness (QED) is 0.510. The van der Waals surface area contributed by atoms with Gasteiger partial charge in [0, 0.05) is 12.4 Å². The Hall–Kier alpha value is -1.31. The first-order valence-electron chi connectivity index (χ1n) is 2.85. The second kappa shape index (κ2) is 1.58. The second-order valence-corrected chi connectivity index (χ2v) is 1.90. The molecule has 2 aromatic heterocycles.